The molecule has 0 spiro atoms. The van der Waals surface area contributed by atoms with E-state index in [0.29, 0.717) is 25.9 Å². The highest BCUT2D eigenvalue weighted by atomic mass is 16.2. The third kappa shape index (κ3) is 2.97. The SMILES string of the molecule is CCC[C@@H](N)C(=O)N1CCC(C)(C(=O)NC)C1. The van der Waals surface area contributed by atoms with Crippen molar-refractivity contribution in [2.45, 2.75) is 39.2 Å². The average Bonchev–Trinajstić information content (AvgIpc) is 2.71. The van der Waals surface area contributed by atoms with Crippen LogP contribution in [0.3, 0.4) is 0 Å². The molecule has 0 radical (unpaired) electrons. The first-order chi connectivity index (χ1) is 7.94. The van der Waals surface area contributed by atoms with E-state index in [1.165, 1.54) is 0 Å². The molecule has 98 valence electrons. The molecule has 0 aromatic rings. The molecule has 0 aromatic carbocycles. The molecular formula is C12H23N3O2. The van der Waals surface area contributed by atoms with Crippen LogP contribution in [0.15, 0.2) is 0 Å². The van der Waals surface area contributed by atoms with Crippen LogP contribution in [0.2, 0.25) is 0 Å². The van der Waals surface area contributed by atoms with Crippen LogP contribution in [0, 0.1) is 5.41 Å². The lowest BCUT2D eigenvalue weighted by atomic mass is 9.89. The molecule has 1 rings (SSSR count). The number of rotatable bonds is 4. The second-order valence-electron chi connectivity index (χ2n) is 5.04. The zero-order chi connectivity index (χ0) is 13.1. The van der Waals surface area contributed by atoms with Crippen molar-refractivity contribution < 1.29 is 9.59 Å². The Kier molecular flexibility index (Phi) is 4.51. The van der Waals surface area contributed by atoms with Crippen LogP contribution in [0.25, 0.3) is 0 Å². The van der Waals surface area contributed by atoms with Gasteiger partial charge < -0.3 is 16.0 Å². The number of nitrogens with two attached hydrogens (primary N) is 1. The molecule has 17 heavy (non-hydrogen) atoms. The molecule has 1 aliphatic heterocycles. The molecule has 5 nitrogen and oxygen atoms in total. The van der Waals surface area contributed by atoms with Crippen LogP contribution in [0.5, 0.6) is 0 Å². The smallest absolute Gasteiger partial charge is 0.239 e. The average molecular weight is 241 g/mol. The van der Waals surface area contributed by atoms with Crippen molar-refractivity contribution in [3.8, 4) is 0 Å². The van der Waals surface area contributed by atoms with Crippen molar-refractivity contribution in [3.63, 3.8) is 0 Å². The van der Waals surface area contributed by atoms with E-state index in [0.717, 1.165) is 6.42 Å². The van der Waals surface area contributed by atoms with E-state index >= 15 is 0 Å². The lowest BCUT2D eigenvalue weighted by Crippen LogP contribution is -2.45. The highest BCUT2D eigenvalue weighted by molar-refractivity contribution is 5.86. The normalized spacial score (nSPS) is 25.8. The number of likely N-dealkylation sites (tertiary alicyclic amines) is 1. The number of nitrogens with one attached hydrogen (secondary N) is 1. The van der Waals surface area contributed by atoms with E-state index in [4.69, 9.17) is 5.73 Å². The Balaban J connectivity index is 2.61. The van der Waals surface area contributed by atoms with E-state index in [9.17, 15) is 9.59 Å². The van der Waals surface area contributed by atoms with Crippen molar-refractivity contribution in [2.75, 3.05) is 20.1 Å². The van der Waals surface area contributed by atoms with Crippen LogP contribution in [-0.4, -0.2) is 42.9 Å². The molecule has 0 bridgehead atoms. The zero-order valence-corrected chi connectivity index (χ0v) is 11.0. The first-order valence-corrected chi connectivity index (χ1v) is 6.21. The molecular weight excluding hydrogens is 218 g/mol. The molecule has 2 amide bonds. The fourth-order valence-corrected chi connectivity index (χ4v) is 2.31. The summed E-state index contributed by atoms with van der Waals surface area (Å²) in [6.07, 6.45) is 2.30. The summed E-state index contributed by atoms with van der Waals surface area (Å²) in [6, 6.07) is -0.424. The van der Waals surface area contributed by atoms with Crippen molar-refractivity contribution in [3.05, 3.63) is 0 Å². The standard InChI is InChI=1S/C12H23N3O2/c1-4-5-9(13)10(16)15-7-6-12(2,8-15)11(17)14-3/h9H,4-8,13H2,1-3H3,(H,14,17)/t9-,12?/m1/s1. The summed E-state index contributed by atoms with van der Waals surface area (Å²) < 4.78 is 0. The summed E-state index contributed by atoms with van der Waals surface area (Å²) >= 11 is 0. The maximum Gasteiger partial charge on any atom is 0.239 e. The molecule has 3 N–H and O–H groups in total. The lowest BCUT2D eigenvalue weighted by Gasteiger charge is -2.24. The van der Waals surface area contributed by atoms with Crippen LogP contribution < -0.4 is 11.1 Å². The van der Waals surface area contributed by atoms with Crippen LogP contribution in [0.4, 0.5) is 0 Å². The number of carbonyl (C=O) groups excluding carboxylic acids is 2. The molecule has 1 fully saturated rings. The van der Waals surface area contributed by atoms with Crippen molar-refractivity contribution in [1.29, 1.82) is 0 Å². The van der Waals surface area contributed by atoms with Gasteiger partial charge in [0.2, 0.25) is 11.8 Å². The number of nitrogens with zero attached hydrogens (tertiary/aromatic N) is 1. The van der Waals surface area contributed by atoms with E-state index < -0.39 is 11.5 Å². The Morgan fingerprint density at radius 2 is 2.18 bits per heavy atom. The minimum absolute atomic E-state index is 0.00290. The van der Waals surface area contributed by atoms with Crippen molar-refractivity contribution in [2.24, 2.45) is 11.1 Å². The number of hydrogen-bond acceptors (Lipinski definition) is 3. The molecule has 0 aromatic heterocycles. The summed E-state index contributed by atoms with van der Waals surface area (Å²) in [5.41, 5.74) is 5.35. The van der Waals surface area contributed by atoms with Gasteiger partial charge in [-0.15, -0.1) is 0 Å². The Hall–Kier alpha value is -1.10. The predicted octanol–water partition coefficient (Wildman–Crippen LogP) is 0.0984. The monoisotopic (exact) mass is 241 g/mol. The van der Waals surface area contributed by atoms with Gasteiger partial charge >= 0.3 is 0 Å². The van der Waals surface area contributed by atoms with Gasteiger partial charge in [-0.2, -0.15) is 0 Å². The summed E-state index contributed by atoms with van der Waals surface area (Å²) in [4.78, 5) is 25.4. The van der Waals surface area contributed by atoms with Crippen molar-refractivity contribution in [1.82, 2.24) is 10.2 Å². The maximum absolute atomic E-state index is 12.0. The second-order valence-corrected chi connectivity index (χ2v) is 5.04. The molecule has 1 aliphatic rings. The van der Waals surface area contributed by atoms with Crippen LogP contribution in [-0.2, 0) is 9.59 Å². The van der Waals surface area contributed by atoms with Crippen molar-refractivity contribution >= 4 is 11.8 Å². The summed E-state index contributed by atoms with van der Waals surface area (Å²) in [7, 11) is 1.63. The Bertz CT molecular complexity index is 306. The molecule has 0 aliphatic carbocycles. The third-order valence-corrected chi connectivity index (χ3v) is 3.48. The van der Waals surface area contributed by atoms with E-state index in [-0.39, 0.29) is 11.8 Å². The van der Waals surface area contributed by atoms with Crippen LogP contribution >= 0.6 is 0 Å². The lowest BCUT2D eigenvalue weighted by molar-refractivity contribution is -0.133. The van der Waals surface area contributed by atoms with Gasteiger partial charge in [0, 0.05) is 20.1 Å². The molecule has 5 heteroatoms. The first kappa shape index (κ1) is 14.0. The Labute approximate surface area is 103 Å². The van der Waals surface area contributed by atoms with Gasteiger partial charge in [0.25, 0.3) is 0 Å². The molecule has 2 atom stereocenters. The Morgan fingerprint density at radius 3 is 2.71 bits per heavy atom. The van der Waals surface area contributed by atoms with Crippen LogP contribution in [0.1, 0.15) is 33.1 Å². The zero-order valence-electron chi connectivity index (χ0n) is 11.0. The topological polar surface area (TPSA) is 75.4 Å². The quantitative estimate of drug-likeness (QED) is 0.733. The Morgan fingerprint density at radius 1 is 1.53 bits per heavy atom. The van der Waals surface area contributed by atoms with E-state index in [1.807, 2.05) is 13.8 Å². The fraction of sp³-hybridized carbons (Fsp3) is 0.833. The van der Waals surface area contributed by atoms with Gasteiger partial charge in [-0.05, 0) is 19.8 Å². The van der Waals surface area contributed by atoms with Gasteiger partial charge in [0.1, 0.15) is 0 Å². The minimum atomic E-state index is -0.462. The van der Waals surface area contributed by atoms with Gasteiger partial charge in [-0.3, -0.25) is 9.59 Å². The van der Waals surface area contributed by atoms with Gasteiger partial charge in [-0.25, -0.2) is 0 Å². The largest absolute Gasteiger partial charge is 0.359 e. The summed E-state index contributed by atoms with van der Waals surface area (Å²) in [5.74, 6) is -0.0312. The van der Waals surface area contributed by atoms with E-state index in [2.05, 4.69) is 5.32 Å². The first-order valence-electron chi connectivity index (χ1n) is 6.21. The molecule has 1 saturated heterocycles. The summed E-state index contributed by atoms with van der Waals surface area (Å²) in [5, 5.41) is 2.65. The summed E-state index contributed by atoms with van der Waals surface area (Å²) in [6.45, 7) is 5.00. The maximum atomic E-state index is 12.0. The number of amides is 2. The predicted molar refractivity (Wildman–Crippen MR) is 66.3 cm³/mol. The third-order valence-electron chi connectivity index (χ3n) is 3.48. The highest BCUT2D eigenvalue weighted by Crippen LogP contribution is 2.30. The fourth-order valence-electron chi connectivity index (χ4n) is 2.31. The number of hydrogen-bond donors (Lipinski definition) is 2. The van der Waals surface area contributed by atoms with E-state index in [1.54, 1.807) is 11.9 Å². The molecule has 0 saturated carbocycles. The minimum Gasteiger partial charge on any atom is -0.359 e. The van der Waals surface area contributed by atoms with Gasteiger partial charge in [0.15, 0.2) is 0 Å². The van der Waals surface area contributed by atoms with Gasteiger partial charge in [-0.1, -0.05) is 13.3 Å². The highest BCUT2D eigenvalue weighted by Gasteiger charge is 2.42. The molecule has 1 heterocycles. The van der Waals surface area contributed by atoms with Gasteiger partial charge in [0.05, 0.1) is 11.5 Å². The molecule has 1 unspecified atom stereocenters. The second kappa shape index (κ2) is 5.49. The number of carbonyl (C=O) groups is 2.